The van der Waals surface area contributed by atoms with Crippen molar-refractivity contribution in [2.45, 2.75) is 44.4 Å². The van der Waals surface area contributed by atoms with Gasteiger partial charge in [0.2, 0.25) is 5.91 Å². The average molecular weight is 492 g/mol. The van der Waals surface area contributed by atoms with E-state index >= 15 is 0 Å². The van der Waals surface area contributed by atoms with Crippen molar-refractivity contribution in [2.24, 2.45) is 5.92 Å². The van der Waals surface area contributed by atoms with Crippen LogP contribution in [0.1, 0.15) is 59.7 Å². The molecule has 9 heteroatoms. The molecule has 9 nitrogen and oxygen atoms in total. The monoisotopic (exact) mass is 491 g/mol. The van der Waals surface area contributed by atoms with Gasteiger partial charge in [-0.3, -0.25) is 14.4 Å². The third kappa shape index (κ3) is 4.85. The maximum absolute atomic E-state index is 13.4. The van der Waals surface area contributed by atoms with Gasteiger partial charge in [0, 0.05) is 41.6 Å². The summed E-state index contributed by atoms with van der Waals surface area (Å²) in [5.74, 6) is -0.601. The second-order valence-electron chi connectivity index (χ2n) is 9.14. The summed E-state index contributed by atoms with van der Waals surface area (Å²) in [6.07, 6.45) is 2.17. The zero-order chi connectivity index (χ0) is 25.9. The number of amides is 2. The second kappa shape index (κ2) is 10.3. The number of anilines is 1. The lowest BCUT2D eigenvalue weighted by molar-refractivity contribution is -0.137. The van der Waals surface area contributed by atoms with Crippen molar-refractivity contribution in [3.8, 4) is 17.6 Å². The highest BCUT2D eigenvalue weighted by molar-refractivity contribution is 5.99. The number of nitriles is 1. The lowest BCUT2D eigenvalue weighted by atomic mass is 9.85. The zero-order valence-corrected chi connectivity index (χ0v) is 20.3. The van der Waals surface area contributed by atoms with E-state index in [9.17, 15) is 19.6 Å². The predicted octanol–water partition coefficient (Wildman–Crippen LogP) is 3.40. The number of rotatable bonds is 9. The second-order valence-corrected chi connectivity index (χ2v) is 9.14. The number of aryl methyl sites for hydroxylation is 1. The third-order valence-electron chi connectivity index (χ3n) is 6.95. The summed E-state index contributed by atoms with van der Waals surface area (Å²) in [7, 11) is 1.50. The first-order chi connectivity index (χ1) is 17.3. The van der Waals surface area contributed by atoms with Crippen molar-refractivity contribution in [1.29, 1.82) is 5.26 Å². The van der Waals surface area contributed by atoms with Crippen LogP contribution in [-0.4, -0.2) is 43.2 Å². The molecule has 188 valence electrons. The highest BCUT2D eigenvalue weighted by Gasteiger charge is 2.61. The maximum atomic E-state index is 13.4. The van der Waals surface area contributed by atoms with Gasteiger partial charge in [0.05, 0.1) is 30.9 Å². The number of nitrogens with zero attached hydrogens (tertiary/aromatic N) is 1. The van der Waals surface area contributed by atoms with Gasteiger partial charge in [-0.1, -0.05) is 6.07 Å². The number of benzene rings is 2. The number of hydrogen-bond acceptors (Lipinski definition) is 6. The van der Waals surface area contributed by atoms with E-state index in [1.807, 2.05) is 6.92 Å². The maximum Gasteiger partial charge on any atom is 0.303 e. The molecule has 1 heterocycles. The minimum absolute atomic E-state index is 0.0211. The standard InChI is InChI=1S/C27H29N3O6/c1-3-29-25(33)18-12-19-23(13-22(18)35-2)36-10-9-27(19)14-20(27)26(34)30-21-11-16(15-28)7-8-17(21)5-4-6-24(31)32/h7-8,11-13,20H,3-6,9-10,14H2,1-2H3,(H,29,33)(H,30,34)(H,31,32)/t20-,27-/m0/s1. The minimum Gasteiger partial charge on any atom is -0.496 e. The molecule has 0 bridgehead atoms. The lowest BCUT2D eigenvalue weighted by Crippen LogP contribution is -2.28. The summed E-state index contributed by atoms with van der Waals surface area (Å²) >= 11 is 0. The Bertz CT molecular complexity index is 1250. The van der Waals surface area contributed by atoms with E-state index in [4.69, 9.17) is 14.6 Å². The Hall–Kier alpha value is -4.06. The van der Waals surface area contributed by atoms with Crippen molar-refractivity contribution in [3.05, 3.63) is 52.6 Å². The zero-order valence-electron chi connectivity index (χ0n) is 20.3. The van der Waals surface area contributed by atoms with Gasteiger partial charge in [-0.2, -0.15) is 5.26 Å². The van der Waals surface area contributed by atoms with E-state index in [1.54, 1.807) is 30.3 Å². The van der Waals surface area contributed by atoms with E-state index in [1.165, 1.54) is 7.11 Å². The molecule has 2 amide bonds. The van der Waals surface area contributed by atoms with Gasteiger partial charge in [-0.15, -0.1) is 0 Å². The number of carbonyl (C=O) groups excluding carboxylic acids is 2. The van der Waals surface area contributed by atoms with Crippen molar-refractivity contribution < 1.29 is 29.0 Å². The highest BCUT2D eigenvalue weighted by Crippen LogP contribution is 2.61. The molecule has 1 fully saturated rings. The fourth-order valence-corrected chi connectivity index (χ4v) is 5.00. The highest BCUT2D eigenvalue weighted by atomic mass is 16.5. The number of nitrogens with one attached hydrogen (secondary N) is 2. The Kier molecular flexibility index (Phi) is 7.15. The molecule has 3 N–H and O–H groups in total. The van der Waals surface area contributed by atoms with E-state index < -0.39 is 11.4 Å². The number of hydrogen-bond donors (Lipinski definition) is 3. The molecular weight excluding hydrogens is 462 g/mol. The largest absolute Gasteiger partial charge is 0.496 e. The molecule has 36 heavy (non-hydrogen) atoms. The van der Waals surface area contributed by atoms with Crippen LogP contribution >= 0.6 is 0 Å². The van der Waals surface area contributed by atoms with E-state index in [-0.39, 0.29) is 24.2 Å². The van der Waals surface area contributed by atoms with Crippen molar-refractivity contribution in [1.82, 2.24) is 5.32 Å². The molecule has 2 atom stereocenters. The number of aliphatic carboxylic acids is 1. The number of methoxy groups -OCH3 is 1. The SMILES string of the molecule is CCNC(=O)c1cc2c(cc1OC)OCC[C@]21C[C@H]1C(=O)Nc1cc(C#N)ccc1CCCC(=O)O. The van der Waals surface area contributed by atoms with Gasteiger partial charge in [0.15, 0.2) is 0 Å². The summed E-state index contributed by atoms with van der Waals surface area (Å²) in [5, 5.41) is 24.1. The Morgan fingerprint density at radius 2 is 2.08 bits per heavy atom. The summed E-state index contributed by atoms with van der Waals surface area (Å²) in [5.41, 5.74) is 2.50. The quantitative estimate of drug-likeness (QED) is 0.489. The van der Waals surface area contributed by atoms with Crippen molar-refractivity contribution >= 4 is 23.5 Å². The summed E-state index contributed by atoms with van der Waals surface area (Å²) in [4.78, 5) is 37.0. The van der Waals surface area contributed by atoms with Gasteiger partial charge in [0.25, 0.3) is 5.91 Å². The number of carboxylic acid groups (broad SMARTS) is 1. The fourth-order valence-electron chi connectivity index (χ4n) is 5.00. The van der Waals surface area contributed by atoms with Crippen LogP contribution in [0.3, 0.4) is 0 Å². The molecule has 2 aromatic carbocycles. The number of ether oxygens (including phenoxy) is 2. The third-order valence-corrected chi connectivity index (χ3v) is 6.95. The molecule has 1 spiro atoms. The Morgan fingerprint density at radius 3 is 2.78 bits per heavy atom. The molecule has 0 saturated heterocycles. The molecule has 1 aliphatic carbocycles. The first-order valence-corrected chi connectivity index (χ1v) is 12.0. The topological polar surface area (TPSA) is 138 Å². The molecule has 4 rings (SSSR count). The molecule has 1 saturated carbocycles. The van der Waals surface area contributed by atoms with Crippen LogP contribution in [0.25, 0.3) is 0 Å². The van der Waals surface area contributed by atoms with Gasteiger partial charge < -0.3 is 25.2 Å². The molecule has 0 radical (unpaired) electrons. The van der Waals surface area contributed by atoms with Crippen LogP contribution in [0.2, 0.25) is 0 Å². The lowest BCUT2D eigenvalue weighted by Gasteiger charge is -2.28. The van der Waals surface area contributed by atoms with E-state index in [2.05, 4.69) is 16.7 Å². The van der Waals surface area contributed by atoms with E-state index in [0.29, 0.717) is 67.1 Å². The van der Waals surface area contributed by atoms with E-state index in [0.717, 1.165) is 11.1 Å². The minimum atomic E-state index is -0.879. The van der Waals surface area contributed by atoms with Crippen LogP contribution in [-0.2, 0) is 21.4 Å². The Morgan fingerprint density at radius 1 is 1.28 bits per heavy atom. The number of carboxylic acids is 1. The summed E-state index contributed by atoms with van der Waals surface area (Å²) in [6, 6.07) is 10.6. The van der Waals surface area contributed by atoms with Crippen molar-refractivity contribution in [3.63, 3.8) is 0 Å². The van der Waals surface area contributed by atoms with Crippen molar-refractivity contribution in [2.75, 3.05) is 25.6 Å². The molecule has 2 aromatic rings. The van der Waals surface area contributed by atoms with Gasteiger partial charge in [-0.05, 0) is 56.4 Å². The van der Waals surface area contributed by atoms with Gasteiger partial charge in [0.1, 0.15) is 11.5 Å². The fraction of sp³-hybridized carbons (Fsp3) is 0.407. The first-order valence-electron chi connectivity index (χ1n) is 12.0. The number of carbonyl (C=O) groups is 3. The van der Waals surface area contributed by atoms with Gasteiger partial charge in [-0.25, -0.2) is 0 Å². The summed E-state index contributed by atoms with van der Waals surface area (Å²) in [6.45, 7) is 2.76. The molecule has 0 aromatic heterocycles. The first kappa shape index (κ1) is 25.0. The molecule has 1 aliphatic heterocycles. The molecule has 2 aliphatic rings. The molecule has 0 unspecified atom stereocenters. The van der Waals surface area contributed by atoms with Crippen LogP contribution in [0.5, 0.6) is 11.5 Å². The smallest absolute Gasteiger partial charge is 0.303 e. The van der Waals surface area contributed by atoms with Crippen LogP contribution in [0.4, 0.5) is 5.69 Å². The summed E-state index contributed by atoms with van der Waals surface area (Å²) < 4.78 is 11.3. The van der Waals surface area contributed by atoms with Crippen LogP contribution in [0, 0.1) is 17.2 Å². The van der Waals surface area contributed by atoms with Crippen LogP contribution in [0.15, 0.2) is 30.3 Å². The van der Waals surface area contributed by atoms with Crippen LogP contribution < -0.4 is 20.1 Å². The van der Waals surface area contributed by atoms with Gasteiger partial charge >= 0.3 is 5.97 Å². The predicted molar refractivity (Wildman–Crippen MR) is 131 cm³/mol. The average Bonchev–Trinajstić information content (AvgIpc) is 3.58. The normalized spacial score (nSPS) is 19.4. The number of fused-ring (bicyclic) bond motifs is 2. The Balaban J connectivity index is 1.59. The Labute approximate surface area is 209 Å². The molecular formula is C27H29N3O6.